The van der Waals surface area contributed by atoms with Crippen molar-refractivity contribution in [3.05, 3.63) is 11.6 Å². The molecule has 0 amide bonds. The van der Waals surface area contributed by atoms with Gasteiger partial charge in [0.05, 0.1) is 0 Å². The van der Waals surface area contributed by atoms with Crippen molar-refractivity contribution in [2.75, 3.05) is 0 Å². The van der Waals surface area contributed by atoms with Gasteiger partial charge in [0.2, 0.25) is 0 Å². The van der Waals surface area contributed by atoms with E-state index in [1.54, 1.807) is 0 Å². The van der Waals surface area contributed by atoms with Gasteiger partial charge in [-0.1, -0.05) is 26.8 Å². The van der Waals surface area contributed by atoms with E-state index in [2.05, 4.69) is 20.8 Å². The monoisotopic (exact) mass is 252 g/mol. The molecular formula is C15H24O3. The number of hydrogen-bond donors (Lipinski definition) is 1. The molecule has 1 aliphatic rings. The summed E-state index contributed by atoms with van der Waals surface area (Å²) < 4.78 is 0. The van der Waals surface area contributed by atoms with Crippen LogP contribution in [-0.2, 0) is 9.59 Å². The van der Waals surface area contributed by atoms with Gasteiger partial charge >= 0.3 is 5.97 Å². The second-order valence-electron chi connectivity index (χ2n) is 5.89. The van der Waals surface area contributed by atoms with Crippen LogP contribution < -0.4 is 0 Å². The van der Waals surface area contributed by atoms with Crippen LogP contribution in [-0.4, -0.2) is 16.9 Å². The molecule has 18 heavy (non-hydrogen) atoms. The van der Waals surface area contributed by atoms with Gasteiger partial charge in [-0.25, -0.2) is 4.79 Å². The van der Waals surface area contributed by atoms with Crippen LogP contribution in [0.25, 0.3) is 0 Å². The molecule has 3 heteroatoms. The standard InChI is InChI=1S/C15H24O3/c1-10(2)8-14(16)9-11(3)12-4-6-13(7-5-12)15(17)18/h6,10-12H,4-5,7-9H2,1-3H3,(H,17,18)/t11-,12+/m1/s1. The first-order valence-corrected chi connectivity index (χ1v) is 6.84. The number of allylic oxidation sites excluding steroid dienone is 1. The molecule has 0 spiro atoms. The van der Waals surface area contributed by atoms with Gasteiger partial charge in [-0.05, 0) is 37.0 Å². The third-order valence-electron chi connectivity index (χ3n) is 3.72. The Balaban J connectivity index is 2.43. The Morgan fingerprint density at radius 2 is 2.00 bits per heavy atom. The maximum Gasteiger partial charge on any atom is 0.331 e. The Labute approximate surface area is 109 Å². The zero-order valence-corrected chi connectivity index (χ0v) is 11.6. The number of Topliss-reactive ketones (excluding diaryl/α,β-unsaturated/α-hetero) is 1. The van der Waals surface area contributed by atoms with Crippen LogP contribution in [0.3, 0.4) is 0 Å². The van der Waals surface area contributed by atoms with Crippen LogP contribution in [0.5, 0.6) is 0 Å². The third kappa shape index (κ3) is 4.63. The summed E-state index contributed by atoms with van der Waals surface area (Å²) in [6.07, 6.45) is 5.47. The molecule has 0 aromatic rings. The molecule has 1 N–H and O–H groups in total. The van der Waals surface area contributed by atoms with Crippen molar-refractivity contribution in [1.82, 2.24) is 0 Å². The van der Waals surface area contributed by atoms with E-state index in [-0.39, 0.29) is 0 Å². The fraction of sp³-hybridized carbons (Fsp3) is 0.733. The summed E-state index contributed by atoms with van der Waals surface area (Å²) in [4.78, 5) is 22.6. The zero-order valence-electron chi connectivity index (χ0n) is 11.6. The summed E-state index contributed by atoms with van der Waals surface area (Å²) in [5.41, 5.74) is 0.534. The molecule has 0 radical (unpaired) electrons. The summed E-state index contributed by atoms with van der Waals surface area (Å²) in [6, 6.07) is 0. The van der Waals surface area contributed by atoms with Crippen LogP contribution in [0.4, 0.5) is 0 Å². The summed E-state index contributed by atoms with van der Waals surface area (Å²) in [5.74, 6) is 0.795. The van der Waals surface area contributed by atoms with Crippen LogP contribution in [0.15, 0.2) is 11.6 Å². The minimum Gasteiger partial charge on any atom is -0.478 e. The first-order chi connectivity index (χ1) is 8.40. The first-order valence-electron chi connectivity index (χ1n) is 6.84. The maximum atomic E-state index is 11.8. The summed E-state index contributed by atoms with van der Waals surface area (Å²) in [7, 11) is 0. The molecule has 0 unspecified atom stereocenters. The number of hydrogen-bond acceptors (Lipinski definition) is 2. The molecule has 3 nitrogen and oxygen atoms in total. The third-order valence-corrected chi connectivity index (χ3v) is 3.72. The van der Waals surface area contributed by atoms with E-state index in [9.17, 15) is 9.59 Å². The average Bonchev–Trinajstić information content (AvgIpc) is 2.27. The summed E-state index contributed by atoms with van der Waals surface area (Å²) in [5, 5.41) is 8.89. The molecule has 1 aliphatic carbocycles. The van der Waals surface area contributed by atoms with Crippen LogP contribution in [0, 0.1) is 17.8 Å². The highest BCUT2D eigenvalue weighted by atomic mass is 16.4. The highest BCUT2D eigenvalue weighted by Gasteiger charge is 2.24. The zero-order chi connectivity index (χ0) is 13.7. The number of carbonyl (C=O) groups excluding carboxylic acids is 1. The van der Waals surface area contributed by atoms with Crippen LogP contribution >= 0.6 is 0 Å². The van der Waals surface area contributed by atoms with Gasteiger partial charge in [0.25, 0.3) is 0 Å². The predicted molar refractivity (Wildman–Crippen MR) is 71.3 cm³/mol. The lowest BCUT2D eigenvalue weighted by atomic mass is 9.79. The SMILES string of the molecule is CC(C)CC(=O)C[C@@H](C)[C@H]1CC=C(C(=O)O)CC1. The molecule has 0 saturated carbocycles. The molecule has 0 fully saturated rings. The van der Waals surface area contributed by atoms with E-state index in [0.29, 0.717) is 48.4 Å². The first kappa shape index (κ1) is 14.9. The topological polar surface area (TPSA) is 54.4 Å². The molecular weight excluding hydrogens is 228 g/mol. The highest BCUT2D eigenvalue weighted by Crippen LogP contribution is 2.31. The number of carbonyl (C=O) groups is 2. The minimum atomic E-state index is -0.794. The normalized spacial score (nSPS) is 21.6. The van der Waals surface area contributed by atoms with E-state index < -0.39 is 5.97 Å². The number of carboxylic acids is 1. The molecule has 0 aromatic carbocycles. The smallest absolute Gasteiger partial charge is 0.331 e. The van der Waals surface area contributed by atoms with Crippen molar-refractivity contribution in [2.24, 2.45) is 17.8 Å². The molecule has 102 valence electrons. The van der Waals surface area contributed by atoms with Crippen molar-refractivity contribution in [3.8, 4) is 0 Å². The van der Waals surface area contributed by atoms with Gasteiger partial charge in [-0.2, -0.15) is 0 Å². The summed E-state index contributed by atoms with van der Waals surface area (Å²) in [6.45, 7) is 6.23. The molecule has 0 aliphatic heterocycles. The van der Waals surface area contributed by atoms with Gasteiger partial charge in [0.15, 0.2) is 0 Å². The number of ketones is 1. The lowest BCUT2D eigenvalue weighted by Crippen LogP contribution is -2.20. The Hall–Kier alpha value is -1.12. The van der Waals surface area contributed by atoms with E-state index in [1.165, 1.54) is 0 Å². The van der Waals surface area contributed by atoms with Crippen molar-refractivity contribution in [3.63, 3.8) is 0 Å². The fourth-order valence-electron chi connectivity index (χ4n) is 2.63. The average molecular weight is 252 g/mol. The van der Waals surface area contributed by atoms with Gasteiger partial charge in [-0.3, -0.25) is 4.79 Å². The maximum absolute atomic E-state index is 11.8. The Morgan fingerprint density at radius 1 is 1.33 bits per heavy atom. The van der Waals surface area contributed by atoms with E-state index in [1.807, 2.05) is 6.08 Å². The van der Waals surface area contributed by atoms with E-state index in [0.717, 1.165) is 12.8 Å². The number of rotatable bonds is 6. The van der Waals surface area contributed by atoms with Gasteiger partial charge < -0.3 is 5.11 Å². The predicted octanol–water partition coefficient (Wildman–Crippen LogP) is 3.44. The molecule has 0 bridgehead atoms. The van der Waals surface area contributed by atoms with Crippen molar-refractivity contribution >= 4 is 11.8 Å². The molecule has 0 aromatic heterocycles. The van der Waals surface area contributed by atoms with Gasteiger partial charge in [0, 0.05) is 18.4 Å². The molecule has 0 saturated heterocycles. The fourth-order valence-corrected chi connectivity index (χ4v) is 2.63. The molecule has 2 atom stereocenters. The van der Waals surface area contributed by atoms with Crippen LogP contribution in [0.2, 0.25) is 0 Å². The van der Waals surface area contributed by atoms with Crippen molar-refractivity contribution < 1.29 is 14.7 Å². The number of aliphatic carboxylic acids is 1. The minimum absolute atomic E-state index is 0.338. The Bertz CT molecular complexity index is 342. The summed E-state index contributed by atoms with van der Waals surface area (Å²) >= 11 is 0. The second-order valence-corrected chi connectivity index (χ2v) is 5.89. The lowest BCUT2D eigenvalue weighted by Gasteiger charge is -2.26. The Kier molecular flexibility index (Phi) is 5.57. The van der Waals surface area contributed by atoms with E-state index in [4.69, 9.17) is 5.11 Å². The second kappa shape index (κ2) is 6.72. The lowest BCUT2D eigenvalue weighted by molar-refractivity contribution is -0.133. The largest absolute Gasteiger partial charge is 0.478 e. The van der Waals surface area contributed by atoms with Crippen molar-refractivity contribution in [2.45, 2.75) is 52.9 Å². The Morgan fingerprint density at radius 3 is 2.44 bits per heavy atom. The highest BCUT2D eigenvalue weighted by molar-refractivity contribution is 5.86. The van der Waals surface area contributed by atoms with Crippen LogP contribution in [0.1, 0.15) is 52.9 Å². The quantitative estimate of drug-likeness (QED) is 0.787. The van der Waals surface area contributed by atoms with E-state index >= 15 is 0 Å². The molecule has 1 rings (SSSR count). The van der Waals surface area contributed by atoms with Crippen molar-refractivity contribution in [1.29, 1.82) is 0 Å². The van der Waals surface area contributed by atoms with Gasteiger partial charge in [-0.15, -0.1) is 0 Å². The number of carboxylic acid groups (broad SMARTS) is 1. The van der Waals surface area contributed by atoms with Gasteiger partial charge in [0.1, 0.15) is 5.78 Å². The molecule has 0 heterocycles.